The molecule has 0 saturated heterocycles. The molecule has 19 heavy (non-hydrogen) atoms. The molecule has 0 heterocycles. The number of methoxy groups -OCH3 is 1. The topological polar surface area (TPSA) is 41.9 Å². The number of rotatable bonds is 9. The predicted molar refractivity (Wildman–Crippen MR) is 77.4 cm³/mol. The van der Waals surface area contributed by atoms with Crippen molar-refractivity contribution in [3.63, 3.8) is 0 Å². The molecule has 1 N–H and O–H groups in total. The number of hydrogen-bond acceptors (Lipinski definition) is 4. The van der Waals surface area contributed by atoms with Crippen molar-refractivity contribution in [2.75, 3.05) is 46.6 Å². The molecule has 0 amide bonds. The molecule has 0 radical (unpaired) electrons. The summed E-state index contributed by atoms with van der Waals surface area (Å²) < 4.78 is 10.6. The van der Waals surface area contributed by atoms with Crippen molar-refractivity contribution in [1.29, 1.82) is 0 Å². The van der Waals surface area contributed by atoms with Gasteiger partial charge in [-0.1, -0.05) is 23.2 Å². The zero-order valence-electron chi connectivity index (χ0n) is 10.9. The molecule has 0 aromatic heterocycles. The lowest BCUT2D eigenvalue weighted by molar-refractivity contribution is 0.118. The first-order valence-electron chi connectivity index (χ1n) is 6.07. The number of halogens is 2. The average molecular weight is 308 g/mol. The predicted octanol–water partition coefficient (Wildman–Crippen LogP) is 2.31. The van der Waals surface area contributed by atoms with Crippen LogP contribution in [0.2, 0.25) is 10.0 Å². The molecule has 0 bridgehead atoms. The maximum atomic E-state index is 8.97. The zero-order chi connectivity index (χ0) is 14.1. The Morgan fingerprint density at radius 3 is 2.53 bits per heavy atom. The van der Waals surface area contributed by atoms with Crippen molar-refractivity contribution in [3.05, 3.63) is 28.2 Å². The first-order valence-corrected chi connectivity index (χ1v) is 6.83. The Morgan fingerprint density at radius 2 is 1.89 bits per heavy atom. The third kappa shape index (κ3) is 6.45. The smallest absolute Gasteiger partial charge is 0.138 e. The highest BCUT2D eigenvalue weighted by Gasteiger charge is 2.06. The van der Waals surface area contributed by atoms with Gasteiger partial charge in [-0.05, 0) is 18.2 Å². The molecule has 0 unspecified atom stereocenters. The van der Waals surface area contributed by atoms with E-state index in [0.717, 1.165) is 6.54 Å². The second-order valence-electron chi connectivity index (χ2n) is 3.98. The third-order valence-electron chi connectivity index (χ3n) is 2.59. The van der Waals surface area contributed by atoms with Crippen molar-refractivity contribution in [3.8, 4) is 5.75 Å². The Labute approximate surface area is 123 Å². The minimum Gasteiger partial charge on any atom is -0.491 e. The van der Waals surface area contributed by atoms with Gasteiger partial charge in [0, 0.05) is 31.8 Å². The van der Waals surface area contributed by atoms with Gasteiger partial charge in [-0.3, -0.25) is 4.90 Å². The van der Waals surface area contributed by atoms with Crippen molar-refractivity contribution >= 4 is 23.2 Å². The summed E-state index contributed by atoms with van der Waals surface area (Å²) in [6, 6.07) is 5.13. The van der Waals surface area contributed by atoms with Gasteiger partial charge in [0.15, 0.2) is 0 Å². The average Bonchev–Trinajstić information content (AvgIpc) is 2.38. The Balaban J connectivity index is 2.38. The molecule has 0 spiro atoms. The van der Waals surface area contributed by atoms with Crippen LogP contribution in [0.25, 0.3) is 0 Å². The standard InChI is InChI=1S/C13H19Cl2NO3/c1-18-8-5-16(4-7-17)6-9-19-13-3-2-11(14)10-12(13)15/h2-3,10,17H,4-9H2,1H3. The summed E-state index contributed by atoms with van der Waals surface area (Å²) in [7, 11) is 1.65. The Morgan fingerprint density at radius 1 is 1.16 bits per heavy atom. The zero-order valence-corrected chi connectivity index (χ0v) is 12.5. The van der Waals surface area contributed by atoms with Gasteiger partial charge < -0.3 is 14.6 Å². The van der Waals surface area contributed by atoms with Crippen LogP contribution < -0.4 is 4.74 Å². The number of aliphatic hydroxyl groups is 1. The van der Waals surface area contributed by atoms with Crippen LogP contribution in [-0.4, -0.2) is 56.6 Å². The molecule has 0 atom stereocenters. The van der Waals surface area contributed by atoms with Gasteiger partial charge in [0.25, 0.3) is 0 Å². The summed E-state index contributed by atoms with van der Waals surface area (Å²) in [5, 5.41) is 10.0. The van der Waals surface area contributed by atoms with E-state index in [9.17, 15) is 0 Å². The first-order chi connectivity index (χ1) is 9.17. The minimum atomic E-state index is 0.116. The highest BCUT2D eigenvalue weighted by Crippen LogP contribution is 2.27. The molecule has 1 aromatic carbocycles. The van der Waals surface area contributed by atoms with E-state index in [1.165, 1.54) is 0 Å². The fourth-order valence-electron chi connectivity index (χ4n) is 1.57. The van der Waals surface area contributed by atoms with Crippen LogP contribution >= 0.6 is 23.2 Å². The van der Waals surface area contributed by atoms with E-state index < -0.39 is 0 Å². The van der Waals surface area contributed by atoms with Crippen LogP contribution in [0, 0.1) is 0 Å². The highest BCUT2D eigenvalue weighted by atomic mass is 35.5. The normalized spacial score (nSPS) is 11.0. The van der Waals surface area contributed by atoms with Crippen LogP contribution in [0.3, 0.4) is 0 Å². The second-order valence-corrected chi connectivity index (χ2v) is 4.82. The fourth-order valence-corrected chi connectivity index (χ4v) is 2.04. The molecule has 0 saturated carbocycles. The van der Waals surface area contributed by atoms with Crippen molar-refractivity contribution in [2.45, 2.75) is 0 Å². The second kappa shape index (κ2) is 9.39. The summed E-state index contributed by atoms with van der Waals surface area (Å²) in [5.74, 6) is 0.613. The molecule has 0 fully saturated rings. The van der Waals surface area contributed by atoms with E-state index in [4.69, 9.17) is 37.8 Å². The SMILES string of the molecule is COCCN(CCO)CCOc1ccc(Cl)cc1Cl. The lowest BCUT2D eigenvalue weighted by atomic mass is 10.3. The Kier molecular flexibility index (Phi) is 8.18. The minimum absolute atomic E-state index is 0.116. The van der Waals surface area contributed by atoms with E-state index in [1.54, 1.807) is 25.3 Å². The van der Waals surface area contributed by atoms with Gasteiger partial charge in [-0.2, -0.15) is 0 Å². The number of hydrogen-bond donors (Lipinski definition) is 1. The van der Waals surface area contributed by atoms with Crippen molar-refractivity contribution in [1.82, 2.24) is 4.90 Å². The third-order valence-corrected chi connectivity index (χ3v) is 3.12. The van der Waals surface area contributed by atoms with Crippen molar-refractivity contribution < 1.29 is 14.6 Å². The van der Waals surface area contributed by atoms with Crippen LogP contribution in [0.1, 0.15) is 0 Å². The number of benzene rings is 1. The van der Waals surface area contributed by atoms with Gasteiger partial charge in [0.1, 0.15) is 12.4 Å². The number of nitrogens with zero attached hydrogens (tertiary/aromatic N) is 1. The maximum absolute atomic E-state index is 8.97. The van der Waals surface area contributed by atoms with Crippen LogP contribution in [0.15, 0.2) is 18.2 Å². The van der Waals surface area contributed by atoms with Gasteiger partial charge in [-0.25, -0.2) is 0 Å². The molecule has 0 aliphatic heterocycles. The monoisotopic (exact) mass is 307 g/mol. The summed E-state index contributed by atoms with van der Waals surface area (Å²) in [6.07, 6.45) is 0. The lowest BCUT2D eigenvalue weighted by Crippen LogP contribution is -2.33. The van der Waals surface area contributed by atoms with Gasteiger partial charge in [0.2, 0.25) is 0 Å². The molecular weight excluding hydrogens is 289 g/mol. The summed E-state index contributed by atoms with van der Waals surface area (Å²) in [4.78, 5) is 2.06. The van der Waals surface area contributed by atoms with E-state index in [-0.39, 0.29) is 6.61 Å². The summed E-state index contributed by atoms with van der Waals surface area (Å²) >= 11 is 11.8. The maximum Gasteiger partial charge on any atom is 0.138 e. The number of ether oxygens (including phenoxy) is 2. The van der Waals surface area contributed by atoms with Crippen LogP contribution in [0.5, 0.6) is 5.75 Å². The van der Waals surface area contributed by atoms with Crippen molar-refractivity contribution in [2.24, 2.45) is 0 Å². The molecule has 1 rings (SSSR count). The quantitative estimate of drug-likeness (QED) is 0.760. The Hall–Kier alpha value is -0.520. The fraction of sp³-hybridized carbons (Fsp3) is 0.538. The summed E-state index contributed by atoms with van der Waals surface area (Å²) in [5.41, 5.74) is 0. The van der Waals surface area contributed by atoms with Gasteiger partial charge >= 0.3 is 0 Å². The molecule has 0 aliphatic carbocycles. The van der Waals surface area contributed by atoms with Crippen LogP contribution in [-0.2, 0) is 4.74 Å². The van der Waals surface area contributed by atoms with E-state index >= 15 is 0 Å². The molecule has 0 aliphatic rings. The molecule has 4 nitrogen and oxygen atoms in total. The molecule has 6 heteroatoms. The van der Waals surface area contributed by atoms with E-state index in [1.807, 2.05) is 0 Å². The Bertz CT molecular complexity index is 377. The molecular formula is C13H19Cl2NO3. The van der Waals surface area contributed by atoms with Gasteiger partial charge in [0.05, 0.1) is 18.2 Å². The molecule has 1 aromatic rings. The lowest BCUT2D eigenvalue weighted by Gasteiger charge is -2.21. The van der Waals surface area contributed by atoms with E-state index in [2.05, 4.69) is 4.90 Å². The largest absolute Gasteiger partial charge is 0.491 e. The summed E-state index contributed by atoms with van der Waals surface area (Å²) in [6.45, 7) is 3.29. The first kappa shape index (κ1) is 16.5. The number of aliphatic hydroxyl groups excluding tert-OH is 1. The molecule has 108 valence electrons. The van der Waals surface area contributed by atoms with Gasteiger partial charge in [-0.15, -0.1) is 0 Å². The van der Waals surface area contributed by atoms with Crippen LogP contribution in [0.4, 0.5) is 0 Å². The van der Waals surface area contributed by atoms with E-state index in [0.29, 0.717) is 42.1 Å². The highest BCUT2D eigenvalue weighted by molar-refractivity contribution is 6.35.